The topological polar surface area (TPSA) is 98.4 Å². The smallest absolute Gasteiger partial charge is 0.294 e. The maximum absolute atomic E-state index is 14.0. The van der Waals surface area contributed by atoms with Crippen LogP contribution in [0.1, 0.15) is 42.9 Å². The summed E-state index contributed by atoms with van der Waals surface area (Å²) in [6, 6.07) is 17.8. The predicted molar refractivity (Wildman–Crippen MR) is 152 cm³/mol. The van der Waals surface area contributed by atoms with Crippen LogP contribution in [-0.4, -0.2) is 36.6 Å². The van der Waals surface area contributed by atoms with Gasteiger partial charge < -0.3 is 23.7 Å². The normalized spacial score (nSPS) is 15.3. The number of rotatable bonds is 9. The Morgan fingerprint density at radius 1 is 1.07 bits per heavy atom. The quantitative estimate of drug-likeness (QED) is 0.218. The van der Waals surface area contributed by atoms with Crippen LogP contribution < -0.4 is 19.1 Å². The van der Waals surface area contributed by atoms with Crippen LogP contribution >= 0.6 is 11.6 Å². The first-order valence-corrected chi connectivity index (χ1v) is 13.2. The van der Waals surface area contributed by atoms with Crippen LogP contribution in [0.5, 0.6) is 17.2 Å². The van der Waals surface area contributed by atoms with E-state index in [0.29, 0.717) is 51.1 Å². The fraction of sp³-hybridized carbons (Fsp3) is 0.226. The molecule has 1 amide bonds. The number of hydrogen-bond donors (Lipinski definition) is 1. The molecule has 2 heterocycles. The minimum atomic E-state index is -0.965. The predicted octanol–water partition coefficient (Wildman–Crippen LogP) is 7.06. The third-order valence-electron chi connectivity index (χ3n) is 6.41. The molecule has 0 radical (unpaired) electrons. The number of halogens is 1. The van der Waals surface area contributed by atoms with Gasteiger partial charge in [-0.05, 0) is 74.9 Å². The van der Waals surface area contributed by atoms with E-state index in [2.05, 4.69) is 0 Å². The molecule has 8 nitrogen and oxygen atoms in total. The average Bonchev–Trinajstić information content (AvgIpc) is 3.47. The van der Waals surface area contributed by atoms with Crippen molar-refractivity contribution in [1.29, 1.82) is 0 Å². The Bertz CT molecular complexity index is 1620. The van der Waals surface area contributed by atoms with Gasteiger partial charge in [-0.25, -0.2) is 0 Å². The minimum Gasteiger partial charge on any atom is -0.503 e. The Balaban J connectivity index is 1.64. The number of carbonyl (C=O) groups is 2. The first kappa shape index (κ1) is 27.1. The zero-order valence-corrected chi connectivity index (χ0v) is 23.2. The monoisotopic (exact) mass is 561 g/mol. The highest BCUT2D eigenvalue weighted by Gasteiger charge is 2.45. The lowest BCUT2D eigenvalue weighted by atomic mass is 9.94. The number of benzene rings is 3. The number of Topliss-reactive ketones (excluding diaryl/α,β-unsaturated/α-hetero) is 1. The zero-order valence-electron chi connectivity index (χ0n) is 22.4. The van der Waals surface area contributed by atoms with Crippen molar-refractivity contribution in [2.24, 2.45) is 0 Å². The molecule has 0 bridgehead atoms. The second kappa shape index (κ2) is 11.0. The van der Waals surface area contributed by atoms with Gasteiger partial charge in [0.2, 0.25) is 5.78 Å². The first-order chi connectivity index (χ1) is 19.2. The summed E-state index contributed by atoms with van der Waals surface area (Å²) >= 11 is 6.20. The molecule has 1 aromatic heterocycles. The molecule has 0 saturated heterocycles. The van der Waals surface area contributed by atoms with Gasteiger partial charge in [0.25, 0.3) is 5.91 Å². The highest BCUT2D eigenvalue weighted by Crippen LogP contribution is 2.44. The molecule has 5 rings (SSSR count). The number of fused-ring (bicyclic) bond motifs is 1. The Hall–Kier alpha value is -4.43. The molecule has 4 aromatic rings. The van der Waals surface area contributed by atoms with E-state index in [1.165, 1.54) is 18.1 Å². The maximum Gasteiger partial charge on any atom is 0.294 e. The van der Waals surface area contributed by atoms with Gasteiger partial charge >= 0.3 is 0 Å². The van der Waals surface area contributed by atoms with Gasteiger partial charge in [0, 0.05) is 22.2 Å². The van der Waals surface area contributed by atoms with Gasteiger partial charge in [-0.3, -0.25) is 14.5 Å². The van der Waals surface area contributed by atoms with Crippen molar-refractivity contribution in [2.45, 2.75) is 32.9 Å². The highest BCUT2D eigenvalue weighted by atomic mass is 35.5. The number of aliphatic hydroxyl groups excluding tert-OH is 1. The summed E-state index contributed by atoms with van der Waals surface area (Å²) in [4.78, 5) is 28.9. The van der Waals surface area contributed by atoms with Crippen molar-refractivity contribution in [1.82, 2.24) is 0 Å². The summed E-state index contributed by atoms with van der Waals surface area (Å²) in [5, 5.41) is 12.1. The number of ether oxygens (including phenoxy) is 3. The van der Waals surface area contributed by atoms with Crippen LogP contribution in [0.25, 0.3) is 11.0 Å². The Morgan fingerprint density at radius 2 is 1.82 bits per heavy atom. The number of nitrogens with zero attached hydrogens (tertiary/aromatic N) is 1. The van der Waals surface area contributed by atoms with E-state index in [-0.39, 0.29) is 17.4 Å². The molecule has 0 spiro atoms. The molecule has 1 aliphatic rings. The summed E-state index contributed by atoms with van der Waals surface area (Å²) in [5.41, 5.74) is 1.25. The van der Waals surface area contributed by atoms with Crippen molar-refractivity contribution in [3.05, 3.63) is 94.4 Å². The molecule has 1 unspecified atom stereocenters. The summed E-state index contributed by atoms with van der Waals surface area (Å²) in [5.74, 6) is -0.549. The Labute approximate surface area is 236 Å². The van der Waals surface area contributed by atoms with Gasteiger partial charge in [0.15, 0.2) is 22.9 Å². The van der Waals surface area contributed by atoms with Gasteiger partial charge in [0.1, 0.15) is 11.5 Å². The van der Waals surface area contributed by atoms with Crippen LogP contribution in [0.15, 0.2) is 82.5 Å². The standard InChI is InChI=1S/C31H28ClNO7/c1-5-38-22-11-9-21(10-12-22)33-27(18-7-6-8-23(14-18)39-17(2)3)26(29(35)31(33)36)28(34)24-15-19-13-20(32)16-25(37-4)30(19)40-24/h6-17,27,35H,5H2,1-4H3. The van der Waals surface area contributed by atoms with E-state index in [1.807, 2.05) is 20.8 Å². The molecule has 9 heteroatoms. The van der Waals surface area contributed by atoms with E-state index in [1.54, 1.807) is 60.7 Å². The van der Waals surface area contributed by atoms with Gasteiger partial charge in [-0.15, -0.1) is 0 Å². The number of hydrogen-bond acceptors (Lipinski definition) is 7. The van der Waals surface area contributed by atoms with Crippen LogP contribution in [0, 0.1) is 0 Å². The lowest BCUT2D eigenvalue weighted by Crippen LogP contribution is -2.31. The van der Waals surface area contributed by atoms with Crippen LogP contribution in [0.2, 0.25) is 5.02 Å². The summed E-state index contributed by atoms with van der Waals surface area (Å²) in [6.07, 6.45) is -0.0925. The molecule has 1 atom stereocenters. The number of methoxy groups -OCH3 is 1. The van der Waals surface area contributed by atoms with E-state index in [0.717, 1.165) is 0 Å². The number of amides is 1. The number of aliphatic hydroxyl groups is 1. The lowest BCUT2D eigenvalue weighted by Gasteiger charge is -2.27. The van der Waals surface area contributed by atoms with E-state index in [9.17, 15) is 14.7 Å². The second-order valence-electron chi connectivity index (χ2n) is 9.47. The molecule has 40 heavy (non-hydrogen) atoms. The van der Waals surface area contributed by atoms with E-state index < -0.39 is 23.5 Å². The minimum absolute atomic E-state index is 0.0713. The van der Waals surface area contributed by atoms with Crippen molar-refractivity contribution >= 4 is 39.9 Å². The third kappa shape index (κ3) is 4.98. The van der Waals surface area contributed by atoms with Crippen molar-refractivity contribution in [3.8, 4) is 17.2 Å². The third-order valence-corrected chi connectivity index (χ3v) is 6.63. The molecule has 1 aliphatic heterocycles. The van der Waals surface area contributed by atoms with E-state index in [4.69, 9.17) is 30.2 Å². The second-order valence-corrected chi connectivity index (χ2v) is 9.91. The average molecular weight is 562 g/mol. The first-order valence-electron chi connectivity index (χ1n) is 12.8. The lowest BCUT2D eigenvalue weighted by molar-refractivity contribution is -0.117. The van der Waals surface area contributed by atoms with Crippen LogP contribution in [0.3, 0.4) is 0 Å². The molecule has 0 fully saturated rings. The summed E-state index contributed by atoms with van der Waals surface area (Å²) < 4.78 is 22.7. The fourth-order valence-electron chi connectivity index (χ4n) is 4.80. The maximum atomic E-state index is 14.0. The van der Waals surface area contributed by atoms with Crippen LogP contribution in [-0.2, 0) is 4.79 Å². The number of anilines is 1. The Kier molecular flexibility index (Phi) is 7.45. The molecule has 0 aliphatic carbocycles. The van der Waals surface area contributed by atoms with Crippen molar-refractivity contribution in [2.75, 3.05) is 18.6 Å². The fourth-order valence-corrected chi connectivity index (χ4v) is 5.02. The SMILES string of the molecule is CCOc1ccc(N2C(=O)C(O)=C(C(=O)c3cc4cc(Cl)cc(OC)c4o3)C2c2cccc(OC(C)C)c2)cc1. The molecular weight excluding hydrogens is 534 g/mol. The molecule has 0 saturated carbocycles. The van der Waals surface area contributed by atoms with Gasteiger partial charge in [0.05, 0.1) is 31.4 Å². The Morgan fingerprint density at radius 3 is 2.50 bits per heavy atom. The van der Waals surface area contributed by atoms with Crippen molar-refractivity contribution < 1.29 is 33.3 Å². The summed E-state index contributed by atoms with van der Waals surface area (Å²) in [6.45, 7) is 6.17. The number of carbonyl (C=O) groups excluding carboxylic acids is 2. The summed E-state index contributed by atoms with van der Waals surface area (Å²) in [7, 11) is 1.47. The van der Waals surface area contributed by atoms with E-state index >= 15 is 0 Å². The largest absolute Gasteiger partial charge is 0.503 e. The number of ketones is 1. The molecule has 1 N–H and O–H groups in total. The van der Waals surface area contributed by atoms with Gasteiger partial charge in [-0.1, -0.05) is 23.7 Å². The molecule has 3 aromatic carbocycles. The van der Waals surface area contributed by atoms with Gasteiger partial charge in [-0.2, -0.15) is 0 Å². The molecule has 206 valence electrons. The zero-order chi connectivity index (χ0) is 28.6. The van der Waals surface area contributed by atoms with Crippen molar-refractivity contribution in [3.63, 3.8) is 0 Å². The molecular formula is C31H28ClNO7. The highest BCUT2D eigenvalue weighted by molar-refractivity contribution is 6.31. The van der Waals surface area contributed by atoms with Crippen LogP contribution in [0.4, 0.5) is 5.69 Å². The number of furan rings is 1.